The minimum Gasteiger partial charge on any atom is -0.497 e. The van der Waals surface area contributed by atoms with Crippen molar-refractivity contribution in [3.63, 3.8) is 0 Å². The van der Waals surface area contributed by atoms with E-state index in [1.54, 1.807) is 21.3 Å². The summed E-state index contributed by atoms with van der Waals surface area (Å²) in [5.41, 5.74) is 2.57. The van der Waals surface area contributed by atoms with Gasteiger partial charge in [0, 0.05) is 31.0 Å². The molecule has 11 nitrogen and oxygen atoms in total. The molecule has 0 amide bonds. The van der Waals surface area contributed by atoms with Crippen LogP contribution >= 0.6 is 0 Å². The number of nitrogens with zero attached hydrogens (tertiary/aromatic N) is 1. The fourth-order valence-electron chi connectivity index (χ4n) is 3.82. The van der Waals surface area contributed by atoms with E-state index in [4.69, 9.17) is 38.2 Å². The maximum absolute atomic E-state index is 11.8. The summed E-state index contributed by atoms with van der Waals surface area (Å²) in [6.07, 6.45) is 4.05. The van der Waals surface area contributed by atoms with Crippen molar-refractivity contribution in [1.82, 2.24) is 5.32 Å². The Balaban J connectivity index is 1.82. The van der Waals surface area contributed by atoms with Crippen LogP contribution in [-0.2, 0) is 28.5 Å². The van der Waals surface area contributed by atoms with Crippen molar-refractivity contribution in [2.24, 2.45) is 4.99 Å². The fraction of sp³-hybridized carbons (Fsp3) is 0.469. The number of aliphatic imine (C=N–C) groups is 1. The van der Waals surface area contributed by atoms with Crippen LogP contribution in [0, 0.1) is 0 Å². The number of benzene rings is 2. The molecule has 0 fully saturated rings. The van der Waals surface area contributed by atoms with Crippen LogP contribution in [0.3, 0.4) is 0 Å². The van der Waals surface area contributed by atoms with Crippen molar-refractivity contribution in [1.29, 1.82) is 0 Å². The predicted octanol–water partition coefficient (Wildman–Crippen LogP) is 4.61. The van der Waals surface area contributed by atoms with Gasteiger partial charge in [-0.2, -0.15) is 0 Å². The second-order valence-corrected chi connectivity index (χ2v) is 9.20. The molecule has 43 heavy (non-hydrogen) atoms. The second kappa shape index (κ2) is 20.9. The molecule has 1 N–H and O–H groups in total. The number of hydrogen-bond donors (Lipinski definition) is 1. The van der Waals surface area contributed by atoms with Gasteiger partial charge in [-0.15, -0.1) is 0 Å². The van der Waals surface area contributed by atoms with Gasteiger partial charge in [0.2, 0.25) is 0 Å². The molecule has 0 aliphatic carbocycles. The third-order valence-corrected chi connectivity index (χ3v) is 6.07. The lowest BCUT2D eigenvalue weighted by molar-refractivity contribution is -0.142. The number of methoxy groups -OCH3 is 3. The number of esters is 2. The van der Waals surface area contributed by atoms with Gasteiger partial charge >= 0.3 is 11.9 Å². The SMILES string of the molecule is CCCCOCCOC(=O)/C=C/C(=O)OCCOCCNC(C(C)=Nc1ccc(OC)cc1)c1ccc(OC)c(OC)c1. The molecule has 2 aromatic rings. The van der Waals surface area contributed by atoms with Crippen LogP contribution in [0.5, 0.6) is 17.2 Å². The molecule has 1 unspecified atom stereocenters. The van der Waals surface area contributed by atoms with Gasteiger partial charge in [-0.1, -0.05) is 19.4 Å². The van der Waals surface area contributed by atoms with E-state index in [0.29, 0.717) is 37.9 Å². The highest BCUT2D eigenvalue weighted by atomic mass is 16.6. The van der Waals surface area contributed by atoms with Gasteiger partial charge in [0.05, 0.1) is 52.9 Å². The van der Waals surface area contributed by atoms with Crippen LogP contribution in [0.1, 0.15) is 38.3 Å². The van der Waals surface area contributed by atoms with Crippen LogP contribution in [-0.4, -0.2) is 85.2 Å². The summed E-state index contributed by atoms with van der Waals surface area (Å²) in [4.78, 5) is 28.3. The highest BCUT2D eigenvalue weighted by molar-refractivity contribution is 5.92. The number of nitrogens with one attached hydrogen (secondary N) is 1. The number of carbonyl (C=O) groups excluding carboxylic acids is 2. The van der Waals surface area contributed by atoms with Gasteiger partial charge < -0.3 is 38.5 Å². The quantitative estimate of drug-likeness (QED) is 0.0940. The van der Waals surface area contributed by atoms with Gasteiger partial charge in [-0.3, -0.25) is 4.99 Å². The van der Waals surface area contributed by atoms with Crippen LogP contribution in [0.15, 0.2) is 59.6 Å². The lowest BCUT2D eigenvalue weighted by atomic mass is 10.0. The van der Waals surface area contributed by atoms with E-state index in [0.717, 1.165) is 47.7 Å². The Hall–Kier alpha value is -3.93. The lowest BCUT2D eigenvalue weighted by Crippen LogP contribution is -2.30. The van der Waals surface area contributed by atoms with Crippen LogP contribution in [0.25, 0.3) is 0 Å². The van der Waals surface area contributed by atoms with E-state index in [1.165, 1.54) is 0 Å². The molecule has 0 heterocycles. The van der Waals surface area contributed by atoms with Crippen molar-refractivity contribution in [3.05, 3.63) is 60.2 Å². The monoisotopic (exact) mass is 600 g/mol. The molecule has 11 heteroatoms. The Morgan fingerprint density at radius 2 is 1.42 bits per heavy atom. The minimum absolute atomic E-state index is 0.0422. The van der Waals surface area contributed by atoms with Gasteiger partial charge in [0.25, 0.3) is 0 Å². The Morgan fingerprint density at radius 3 is 2.00 bits per heavy atom. The molecule has 0 radical (unpaired) electrons. The molecule has 0 aromatic heterocycles. The fourth-order valence-corrected chi connectivity index (χ4v) is 3.82. The standard InChI is InChI=1S/C32H44N2O9/c1-6-7-17-40-19-21-42-30(35)14-15-31(36)43-22-20-41-18-16-33-32(25-8-13-28(38-4)29(23-25)39-5)24(2)34-26-9-11-27(37-3)12-10-26/h8-15,23,32-33H,6-7,16-22H2,1-5H3/b15-14+,34-24?. The maximum Gasteiger partial charge on any atom is 0.331 e. The van der Waals surface area contributed by atoms with E-state index in [-0.39, 0.29) is 25.9 Å². The molecule has 2 rings (SSSR count). The molecule has 0 spiro atoms. The first-order valence-corrected chi connectivity index (χ1v) is 14.2. The first kappa shape index (κ1) is 35.3. The summed E-state index contributed by atoms with van der Waals surface area (Å²) in [6, 6.07) is 13.0. The van der Waals surface area contributed by atoms with Gasteiger partial charge in [-0.25, -0.2) is 9.59 Å². The van der Waals surface area contributed by atoms with Crippen molar-refractivity contribution < 1.29 is 42.7 Å². The van der Waals surface area contributed by atoms with Gasteiger partial charge in [-0.05, 0) is 55.3 Å². The molecule has 0 saturated carbocycles. The molecular weight excluding hydrogens is 556 g/mol. The zero-order valence-corrected chi connectivity index (χ0v) is 25.8. The topological polar surface area (TPSA) is 123 Å². The zero-order chi connectivity index (χ0) is 31.3. The van der Waals surface area contributed by atoms with E-state index >= 15 is 0 Å². The van der Waals surface area contributed by atoms with E-state index in [2.05, 4.69) is 12.2 Å². The van der Waals surface area contributed by atoms with Crippen LogP contribution < -0.4 is 19.5 Å². The number of unbranched alkanes of at least 4 members (excludes halogenated alkanes) is 1. The third kappa shape index (κ3) is 13.7. The normalized spacial score (nSPS) is 12.2. The number of rotatable bonds is 21. The molecule has 236 valence electrons. The molecule has 0 aliphatic rings. The average Bonchev–Trinajstić information content (AvgIpc) is 3.03. The Kier molecular flexibility index (Phi) is 17.1. The first-order valence-electron chi connectivity index (χ1n) is 14.2. The van der Waals surface area contributed by atoms with Crippen molar-refractivity contribution >= 4 is 23.3 Å². The predicted molar refractivity (Wildman–Crippen MR) is 164 cm³/mol. The third-order valence-electron chi connectivity index (χ3n) is 6.07. The summed E-state index contributed by atoms with van der Waals surface area (Å²) < 4.78 is 37.1. The highest BCUT2D eigenvalue weighted by Gasteiger charge is 2.17. The van der Waals surface area contributed by atoms with Crippen LogP contribution in [0.4, 0.5) is 5.69 Å². The highest BCUT2D eigenvalue weighted by Crippen LogP contribution is 2.31. The molecule has 0 saturated heterocycles. The summed E-state index contributed by atoms with van der Waals surface area (Å²) in [5.74, 6) is 0.712. The average molecular weight is 601 g/mol. The lowest BCUT2D eigenvalue weighted by Gasteiger charge is -2.21. The second-order valence-electron chi connectivity index (χ2n) is 9.20. The molecule has 0 bridgehead atoms. The number of ether oxygens (including phenoxy) is 7. The number of hydrogen-bond acceptors (Lipinski definition) is 11. The minimum atomic E-state index is -0.656. The zero-order valence-electron chi connectivity index (χ0n) is 25.8. The largest absolute Gasteiger partial charge is 0.497 e. The molecule has 2 aromatic carbocycles. The van der Waals surface area contributed by atoms with E-state index in [9.17, 15) is 9.59 Å². The Morgan fingerprint density at radius 1 is 0.791 bits per heavy atom. The summed E-state index contributed by atoms with van der Waals surface area (Å²) >= 11 is 0. The summed E-state index contributed by atoms with van der Waals surface area (Å²) in [7, 11) is 4.81. The van der Waals surface area contributed by atoms with E-state index in [1.807, 2.05) is 49.4 Å². The van der Waals surface area contributed by atoms with Gasteiger partial charge in [0.1, 0.15) is 19.0 Å². The van der Waals surface area contributed by atoms with Crippen molar-refractivity contribution in [2.75, 3.05) is 67.5 Å². The van der Waals surface area contributed by atoms with Crippen molar-refractivity contribution in [2.45, 2.75) is 32.7 Å². The first-order chi connectivity index (χ1) is 20.9. The smallest absolute Gasteiger partial charge is 0.331 e. The van der Waals surface area contributed by atoms with Crippen molar-refractivity contribution in [3.8, 4) is 17.2 Å². The van der Waals surface area contributed by atoms with Crippen LogP contribution in [0.2, 0.25) is 0 Å². The maximum atomic E-state index is 11.8. The molecular formula is C32H44N2O9. The van der Waals surface area contributed by atoms with E-state index < -0.39 is 11.9 Å². The summed E-state index contributed by atoms with van der Waals surface area (Å²) in [6.45, 7) is 6.19. The summed E-state index contributed by atoms with van der Waals surface area (Å²) in [5, 5.41) is 3.47. The number of carbonyl (C=O) groups is 2. The van der Waals surface area contributed by atoms with Gasteiger partial charge in [0.15, 0.2) is 11.5 Å². The Bertz CT molecular complexity index is 1170. The molecule has 0 aliphatic heterocycles. The molecule has 1 atom stereocenters. The Labute approximate surface area is 254 Å².